The molecule has 0 aliphatic carbocycles. The lowest BCUT2D eigenvalue weighted by Crippen LogP contribution is -2.49. The molecule has 1 aromatic heterocycles. The molecule has 3 rings (SSSR count). The summed E-state index contributed by atoms with van der Waals surface area (Å²) in [6.07, 6.45) is 3.98. The van der Waals surface area contributed by atoms with Gasteiger partial charge in [-0.15, -0.1) is 0 Å². The first kappa shape index (κ1) is 17.3. The van der Waals surface area contributed by atoms with E-state index >= 15 is 0 Å². The van der Waals surface area contributed by atoms with Crippen molar-refractivity contribution in [2.24, 2.45) is 0 Å². The van der Waals surface area contributed by atoms with Crippen molar-refractivity contribution in [1.29, 1.82) is 0 Å². The molecule has 1 fully saturated rings. The fraction of sp³-hybridized carbons (Fsp3) is 0.400. The molecule has 0 spiro atoms. The molecule has 0 atom stereocenters. The molecular weight excluding hydrogens is 312 g/mol. The highest BCUT2D eigenvalue weighted by Gasteiger charge is 2.23. The summed E-state index contributed by atoms with van der Waals surface area (Å²) in [4.78, 5) is 21.2. The Morgan fingerprint density at radius 1 is 1.12 bits per heavy atom. The van der Waals surface area contributed by atoms with Crippen LogP contribution in [0.2, 0.25) is 0 Å². The lowest BCUT2D eigenvalue weighted by atomic mass is 10.2. The van der Waals surface area contributed by atoms with Crippen LogP contribution in [-0.2, 0) is 0 Å². The lowest BCUT2D eigenvalue weighted by Gasteiger charge is -2.36. The van der Waals surface area contributed by atoms with Gasteiger partial charge in [0.05, 0.1) is 0 Å². The van der Waals surface area contributed by atoms with Gasteiger partial charge in [-0.05, 0) is 30.7 Å². The first-order valence-corrected chi connectivity index (χ1v) is 9.07. The minimum Gasteiger partial charge on any atom is -0.385 e. The van der Waals surface area contributed by atoms with Crippen molar-refractivity contribution in [3.8, 4) is 0 Å². The van der Waals surface area contributed by atoms with Gasteiger partial charge in [0, 0.05) is 50.3 Å². The smallest absolute Gasteiger partial charge is 0.272 e. The van der Waals surface area contributed by atoms with Gasteiger partial charge < -0.3 is 15.1 Å². The van der Waals surface area contributed by atoms with Gasteiger partial charge in [0.15, 0.2) is 0 Å². The van der Waals surface area contributed by atoms with Gasteiger partial charge in [-0.3, -0.25) is 9.78 Å². The third-order valence-corrected chi connectivity index (χ3v) is 4.53. The normalized spacial score (nSPS) is 14.4. The summed E-state index contributed by atoms with van der Waals surface area (Å²) < 4.78 is 0. The van der Waals surface area contributed by atoms with E-state index in [0.29, 0.717) is 5.69 Å². The molecule has 25 heavy (non-hydrogen) atoms. The van der Waals surface area contributed by atoms with Crippen LogP contribution in [0.25, 0.3) is 0 Å². The van der Waals surface area contributed by atoms with Crippen LogP contribution in [0.3, 0.4) is 0 Å². The Morgan fingerprint density at radius 3 is 2.60 bits per heavy atom. The highest BCUT2D eigenvalue weighted by atomic mass is 16.2. The fourth-order valence-corrected chi connectivity index (χ4v) is 3.04. The Morgan fingerprint density at radius 2 is 1.88 bits per heavy atom. The number of amides is 1. The van der Waals surface area contributed by atoms with Gasteiger partial charge >= 0.3 is 0 Å². The van der Waals surface area contributed by atoms with Crippen LogP contribution in [0.1, 0.15) is 30.3 Å². The number of carbonyl (C=O) groups excluding carboxylic acids is 1. The second-order valence-electron chi connectivity index (χ2n) is 6.32. The molecule has 5 heteroatoms. The SMILES string of the molecule is CCCCNc1ccnc(C(=O)N2CCN(c3ccccc3)CC2)c1. The summed E-state index contributed by atoms with van der Waals surface area (Å²) in [7, 11) is 0. The molecule has 0 radical (unpaired) electrons. The van der Waals surface area contributed by atoms with E-state index in [1.165, 1.54) is 5.69 Å². The summed E-state index contributed by atoms with van der Waals surface area (Å²) in [6.45, 7) is 6.24. The Kier molecular flexibility index (Phi) is 5.88. The van der Waals surface area contributed by atoms with Crippen molar-refractivity contribution < 1.29 is 4.79 Å². The standard InChI is InChI=1S/C20H26N4O/c1-2-3-10-21-17-9-11-22-19(16-17)20(25)24-14-12-23(13-15-24)18-7-5-4-6-8-18/h4-9,11,16H,2-3,10,12-15H2,1H3,(H,21,22). The van der Waals surface area contributed by atoms with Crippen molar-refractivity contribution in [3.05, 3.63) is 54.4 Å². The minimum atomic E-state index is 0.0202. The van der Waals surface area contributed by atoms with Crippen molar-refractivity contribution in [2.45, 2.75) is 19.8 Å². The molecule has 1 aromatic carbocycles. The molecule has 1 saturated heterocycles. The number of hydrogen-bond acceptors (Lipinski definition) is 4. The third kappa shape index (κ3) is 4.50. The zero-order valence-electron chi connectivity index (χ0n) is 14.8. The van der Waals surface area contributed by atoms with E-state index in [2.05, 4.69) is 34.3 Å². The fourth-order valence-electron chi connectivity index (χ4n) is 3.04. The maximum Gasteiger partial charge on any atom is 0.272 e. The number of carbonyl (C=O) groups is 1. The molecular formula is C20H26N4O. The van der Waals surface area contributed by atoms with Crippen LogP contribution in [0.4, 0.5) is 11.4 Å². The molecule has 1 N–H and O–H groups in total. The third-order valence-electron chi connectivity index (χ3n) is 4.53. The average molecular weight is 338 g/mol. The number of unbranched alkanes of at least 4 members (excludes halogenated alkanes) is 1. The first-order chi connectivity index (χ1) is 12.3. The van der Waals surface area contributed by atoms with E-state index in [1.54, 1.807) is 6.20 Å². The molecule has 132 valence electrons. The maximum absolute atomic E-state index is 12.7. The topological polar surface area (TPSA) is 48.5 Å². The van der Waals surface area contributed by atoms with Crippen molar-refractivity contribution >= 4 is 17.3 Å². The Labute approximate surface area is 149 Å². The molecule has 0 unspecified atom stereocenters. The number of anilines is 2. The van der Waals surface area contributed by atoms with E-state index in [4.69, 9.17) is 0 Å². The second-order valence-corrected chi connectivity index (χ2v) is 6.32. The summed E-state index contributed by atoms with van der Waals surface area (Å²) in [6, 6.07) is 14.1. The molecule has 1 aliphatic rings. The van der Waals surface area contributed by atoms with E-state index in [9.17, 15) is 4.79 Å². The van der Waals surface area contributed by atoms with Gasteiger partial charge in [0.25, 0.3) is 5.91 Å². The molecule has 0 bridgehead atoms. The van der Waals surface area contributed by atoms with Gasteiger partial charge in [-0.1, -0.05) is 31.5 Å². The molecule has 0 saturated carbocycles. The predicted molar refractivity (Wildman–Crippen MR) is 102 cm³/mol. The Balaban J connectivity index is 1.58. The van der Waals surface area contributed by atoms with E-state index < -0.39 is 0 Å². The van der Waals surface area contributed by atoms with Crippen molar-refractivity contribution in [2.75, 3.05) is 42.9 Å². The average Bonchev–Trinajstić information content (AvgIpc) is 2.69. The number of nitrogens with one attached hydrogen (secondary N) is 1. The molecule has 1 amide bonds. The summed E-state index contributed by atoms with van der Waals surface area (Å²) >= 11 is 0. The number of para-hydroxylation sites is 1. The maximum atomic E-state index is 12.7. The minimum absolute atomic E-state index is 0.0202. The largest absolute Gasteiger partial charge is 0.385 e. The van der Waals surface area contributed by atoms with E-state index in [0.717, 1.165) is 51.3 Å². The van der Waals surface area contributed by atoms with Crippen molar-refractivity contribution in [1.82, 2.24) is 9.88 Å². The zero-order valence-corrected chi connectivity index (χ0v) is 14.8. The van der Waals surface area contributed by atoms with Gasteiger partial charge in [0.1, 0.15) is 5.69 Å². The first-order valence-electron chi connectivity index (χ1n) is 9.07. The predicted octanol–water partition coefficient (Wildman–Crippen LogP) is 3.26. The number of piperazine rings is 1. The molecule has 5 nitrogen and oxygen atoms in total. The van der Waals surface area contributed by atoms with Gasteiger partial charge in [0.2, 0.25) is 0 Å². The highest BCUT2D eigenvalue weighted by Crippen LogP contribution is 2.17. The van der Waals surface area contributed by atoms with Crippen LogP contribution in [0.5, 0.6) is 0 Å². The lowest BCUT2D eigenvalue weighted by molar-refractivity contribution is 0.0741. The number of nitrogens with zero attached hydrogens (tertiary/aromatic N) is 3. The summed E-state index contributed by atoms with van der Waals surface area (Å²) in [5, 5.41) is 3.35. The van der Waals surface area contributed by atoms with Crippen molar-refractivity contribution in [3.63, 3.8) is 0 Å². The Bertz CT molecular complexity index is 681. The van der Waals surface area contributed by atoms with Crippen LogP contribution >= 0.6 is 0 Å². The second kappa shape index (κ2) is 8.51. The van der Waals surface area contributed by atoms with Crippen LogP contribution in [0.15, 0.2) is 48.7 Å². The number of aromatic nitrogens is 1. The number of rotatable bonds is 6. The quantitative estimate of drug-likeness (QED) is 0.822. The van der Waals surface area contributed by atoms with Gasteiger partial charge in [-0.2, -0.15) is 0 Å². The molecule has 2 aromatic rings. The zero-order chi connectivity index (χ0) is 17.5. The van der Waals surface area contributed by atoms with E-state index in [1.807, 2.05) is 35.2 Å². The monoisotopic (exact) mass is 338 g/mol. The number of benzene rings is 1. The van der Waals surface area contributed by atoms with Gasteiger partial charge in [-0.25, -0.2) is 0 Å². The number of hydrogen-bond donors (Lipinski definition) is 1. The summed E-state index contributed by atoms with van der Waals surface area (Å²) in [5.74, 6) is 0.0202. The van der Waals surface area contributed by atoms with Crippen LogP contribution < -0.4 is 10.2 Å². The highest BCUT2D eigenvalue weighted by molar-refractivity contribution is 5.93. The van der Waals surface area contributed by atoms with Crippen LogP contribution in [-0.4, -0.2) is 48.5 Å². The molecule has 2 heterocycles. The summed E-state index contributed by atoms with van der Waals surface area (Å²) in [5.41, 5.74) is 2.71. The molecule has 1 aliphatic heterocycles. The number of pyridine rings is 1. The Hall–Kier alpha value is -2.56. The van der Waals surface area contributed by atoms with Crippen LogP contribution in [0, 0.1) is 0 Å². The van der Waals surface area contributed by atoms with E-state index in [-0.39, 0.29) is 5.91 Å².